The highest BCUT2D eigenvalue weighted by molar-refractivity contribution is 6.31. The zero-order valence-electron chi connectivity index (χ0n) is 85.6. The van der Waals surface area contributed by atoms with Crippen molar-refractivity contribution in [3.8, 4) is 67.1 Å². The molecule has 1 aliphatic carbocycles. The smallest absolute Gasteiger partial charge is 0.264 e. The summed E-state index contributed by atoms with van der Waals surface area (Å²) in [6.45, 7) is 21.4. The van der Waals surface area contributed by atoms with E-state index < -0.39 is 28.8 Å². The molecule has 5 spiro atoms. The summed E-state index contributed by atoms with van der Waals surface area (Å²) in [5.74, 6) is 1.64. The number of hydrogen-bond acceptors (Lipinski definition) is 32. The van der Waals surface area contributed by atoms with E-state index in [9.17, 15) is 45.9 Å². The van der Waals surface area contributed by atoms with Crippen LogP contribution in [0.3, 0.4) is 0 Å². The number of nitrogens with zero attached hydrogens (tertiary/aromatic N) is 15. The molecule has 0 bridgehead atoms. The van der Waals surface area contributed by atoms with Gasteiger partial charge in [-0.3, -0.25) is 46.8 Å². The SMILES string of the molecule is COc1ccc(-c2c(N)nc(N3CCC4(CC3)CO[C@@H](C)[C@H]4N)n(C)c2=O)cc1F.C[C@@H]1OCC2(CCN(c3nc(N)c(-c4ccc(F)c(Cl)c4)c(=O)n3C)CC2)[C@@H]1N.C[C@@H]1OCC2(CCN(c3nc(N)c(-c4ccc(F)cc4)c(=O)n3C)CC2)[C@@H]1N.C[C@@H]1OCC2(CCN(c3nc(N)c(-c4ccc(F)cc4F)c(=O)n3C)CC2)[C@@H]1N.C[C@@H]1OCC2(CCN(c3nc(N)c(-c4ccc(OCC5CC5)cc4)c(=O)n3C)CC2)[C@@H]1N. The zero-order valence-corrected chi connectivity index (χ0v) is 86.4. The highest BCUT2D eigenvalue weighted by Gasteiger charge is 2.54. The molecule has 15 heterocycles. The van der Waals surface area contributed by atoms with Gasteiger partial charge in [-0.1, -0.05) is 48.0 Å². The summed E-state index contributed by atoms with van der Waals surface area (Å²) in [5, 5.41) is -0.0706. The molecule has 10 atom stereocenters. The Labute approximate surface area is 859 Å². The maximum absolute atomic E-state index is 14.2. The fourth-order valence-corrected chi connectivity index (χ4v) is 23.1. The molecule has 10 aliphatic heterocycles. The number of aromatic nitrogens is 10. The largest absolute Gasteiger partial charge is 0.494 e. The highest BCUT2D eigenvalue weighted by Crippen LogP contribution is 2.49. The number of nitrogens with two attached hydrogens (primary N) is 10. The van der Waals surface area contributed by atoms with Gasteiger partial charge < -0.3 is 115 Å². The van der Waals surface area contributed by atoms with Crippen LogP contribution in [0, 0.1) is 62.1 Å². The van der Waals surface area contributed by atoms with Crippen molar-refractivity contribution in [2.24, 2.45) is 96.9 Å². The molecule has 5 aromatic heterocycles. The van der Waals surface area contributed by atoms with Gasteiger partial charge in [-0.15, -0.1) is 0 Å². The van der Waals surface area contributed by atoms with Gasteiger partial charge in [-0.05, 0) is 201 Å². The van der Waals surface area contributed by atoms with Crippen LogP contribution in [0.4, 0.5) is 80.8 Å². The van der Waals surface area contributed by atoms with Gasteiger partial charge in [-0.2, -0.15) is 24.9 Å². The van der Waals surface area contributed by atoms with Crippen molar-refractivity contribution < 1.29 is 55.1 Å². The van der Waals surface area contributed by atoms with Crippen molar-refractivity contribution in [1.82, 2.24) is 47.8 Å². The normalized spacial score (nSPS) is 23.9. The molecule has 21 rings (SSSR count). The lowest BCUT2D eigenvalue weighted by Gasteiger charge is -2.41. The Kier molecular flexibility index (Phi) is 31.0. The number of benzene rings is 5. The van der Waals surface area contributed by atoms with Gasteiger partial charge >= 0.3 is 0 Å². The molecule has 37 nitrogen and oxygen atoms in total. The molecule has 796 valence electrons. The van der Waals surface area contributed by atoms with E-state index >= 15 is 0 Å². The first kappa shape index (κ1) is 107. The number of halogens is 6. The summed E-state index contributed by atoms with van der Waals surface area (Å²) in [7, 11) is 9.73. The van der Waals surface area contributed by atoms with E-state index in [-0.39, 0.29) is 178 Å². The van der Waals surface area contributed by atoms with Crippen LogP contribution in [-0.2, 0) is 58.9 Å². The number of hydrogen-bond donors (Lipinski definition) is 10. The summed E-state index contributed by atoms with van der Waals surface area (Å²) in [6, 6.07) is 24.7. The predicted molar refractivity (Wildman–Crippen MR) is 563 cm³/mol. The quantitative estimate of drug-likeness (QED) is 0.0454. The van der Waals surface area contributed by atoms with Gasteiger partial charge in [0.1, 0.15) is 58.1 Å². The molecule has 0 unspecified atom stereocenters. The Balaban J connectivity index is 0.000000126. The van der Waals surface area contributed by atoms with E-state index in [1.807, 2.05) is 63.8 Å². The third-order valence-corrected chi connectivity index (χ3v) is 33.5. The first-order valence-electron chi connectivity index (χ1n) is 50.6. The fourth-order valence-electron chi connectivity index (χ4n) is 22.9. The van der Waals surface area contributed by atoms with Crippen LogP contribution in [0.25, 0.3) is 55.6 Å². The molecular formula is C105H137ClF5N25O12. The molecule has 148 heavy (non-hydrogen) atoms. The molecule has 43 heteroatoms. The van der Waals surface area contributed by atoms with E-state index in [1.165, 1.54) is 98.9 Å². The van der Waals surface area contributed by atoms with Crippen LogP contribution in [0.5, 0.6) is 11.5 Å². The summed E-state index contributed by atoms with van der Waals surface area (Å²) >= 11 is 5.87. The molecule has 10 aromatic rings. The number of piperidine rings is 5. The monoisotopic (exact) mass is 2070 g/mol. The second kappa shape index (κ2) is 42.9. The van der Waals surface area contributed by atoms with Crippen LogP contribution < -0.4 is 119 Å². The topological polar surface area (TPSA) is 515 Å². The summed E-state index contributed by atoms with van der Waals surface area (Å²) in [5.41, 5.74) is 64.3. The third kappa shape index (κ3) is 20.7. The molecule has 11 aliphatic rings. The highest BCUT2D eigenvalue weighted by atomic mass is 35.5. The minimum atomic E-state index is -0.854. The van der Waals surface area contributed by atoms with E-state index in [4.69, 9.17) is 102 Å². The van der Waals surface area contributed by atoms with Gasteiger partial charge in [0.05, 0.1) is 110 Å². The fraction of sp³-hybridized carbons (Fsp3) is 0.524. The van der Waals surface area contributed by atoms with Gasteiger partial charge in [0, 0.05) is 170 Å². The molecule has 5 aromatic carbocycles. The standard InChI is InChI=1S/C24H33N5O3.C21H28FN5O3.C20H25ClFN5O2.C20H25F2N5O2.C20H26FN5O2/c1-15-20(25)24(14-32-15)9-11-29(12-10-24)23-27-21(26)19(22(30)28(23)2)17-5-7-18(8-6-17)31-13-16-3-4-16;1-12-17(23)21(11-30-12)6-8-27(9-7-21)20-25-18(24)16(19(28)26(20)2)13-4-5-15(29-3)14(22)10-13;1-11-16(23)20(10-29-11)5-7-27(8-6-20)19-25-17(24)15(18(28)26(19)2)12-3-4-14(22)13(21)9-12;1-11-16(23)20(10-29-11)5-7-27(8-6-20)19-25-17(24)15(18(28)26(19)2)13-4-3-12(21)9-14(13)22;1-12-16(22)20(11-28-12)7-9-26(10-8-20)19-24-17(23)15(18(27)25(19)2)13-3-5-14(21)6-4-13/h5-8,15-16,20H,3-4,9-14,25-26H2,1-2H3;4-5,10,12,17H,6-9,11,23-24H2,1-3H3;2*3-4,9,11,16H,5-8,10,23-24H2,1-2H3;3-6,12,16H,7-11,22-23H2,1-2H3/t15-,20+;12-,17+;2*11-,16+;12-,16+/m00000/s1. The molecule has 0 radical (unpaired) electrons. The van der Waals surface area contributed by atoms with Gasteiger partial charge in [-0.25, -0.2) is 22.0 Å². The van der Waals surface area contributed by atoms with Crippen molar-refractivity contribution >= 4 is 70.4 Å². The van der Waals surface area contributed by atoms with Gasteiger partial charge in [0.25, 0.3) is 27.8 Å². The molecule has 11 fully saturated rings. The van der Waals surface area contributed by atoms with Gasteiger partial charge in [0.15, 0.2) is 11.6 Å². The Morgan fingerprint density at radius 2 is 0.615 bits per heavy atom. The average Bonchev–Trinajstić information content (AvgIpc) is 1.43. The minimum absolute atomic E-state index is 0.00558. The zero-order chi connectivity index (χ0) is 106. The summed E-state index contributed by atoms with van der Waals surface area (Å²) in [4.78, 5) is 98.2. The van der Waals surface area contributed by atoms with Crippen LogP contribution in [0.1, 0.15) is 112 Å². The number of rotatable bonds is 14. The second-order valence-electron chi connectivity index (χ2n) is 42.0. The lowest BCUT2D eigenvalue weighted by Crippen LogP contribution is -2.51. The van der Waals surface area contributed by atoms with E-state index in [1.54, 1.807) is 45.9 Å². The summed E-state index contributed by atoms with van der Waals surface area (Å²) in [6.07, 6.45) is 11.5. The third-order valence-electron chi connectivity index (χ3n) is 33.2. The number of methoxy groups -OCH3 is 1. The Bertz CT molecular complexity index is 6880. The molecular weight excluding hydrogens is 1930 g/mol. The molecule has 20 N–H and O–H groups in total. The minimum Gasteiger partial charge on any atom is -0.494 e. The lowest BCUT2D eigenvalue weighted by molar-refractivity contribution is 0.0972. The van der Waals surface area contributed by atoms with Crippen LogP contribution in [0.2, 0.25) is 5.02 Å². The second-order valence-corrected chi connectivity index (χ2v) is 42.4. The van der Waals surface area contributed by atoms with Crippen molar-refractivity contribution in [3.63, 3.8) is 0 Å². The van der Waals surface area contributed by atoms with Crippen molar-refractivity contribution in [2.75, 3.05) is 165 Å². The van der Waals surface area contributed by atoms with Crippen molar-refractivity contribution in [1.29, 1.82) is 0 Å². The Morgan fingerprint density at radius 1 is 0.345 bits per heavy atom. The Hall–Kier alpha value is -12.4. The van der Waals surface area contributed by atoms with Crippen LogP contribution in [0.15, 0.2) is 127 Å². The maximum Gasteiger partial charge on any atom is 0.264 e. The lowest BCUT2D eigenvalue weighted by atomic mass is 9.73. The van der Waals surface area contributed by atoms with E-state index in [2.05, 4.69) is 44.5 Å². The van der Waals surface area contributed by atoms with E-state index in [0.29, 0.717) is 136 Å². The molecule has 0 amide bonds. The van der Waals surface area contributed by atoms with Crippen LogP contribution in [-0.4, -0.2) is 221 Å². The maximum atomic E-state index is 14.2. The van der Waals surface area contributed by atoms with Crippen LogP contribution >= 0.6 is 11.6 Å². The van der Waals surface area contributed by atoms with Crippen molar-refractivity contribution in [3.05, 3.63) is 189 Å². The number of anilines is 10. The van der Waals surface area contributed by atoms with E-state index in [0.717, 1.165) is 120 Å². The summed E-state index contributed by atoms with van der Waals surface area (Å²) < 4.78 is 115. The number of nitrogen functional groups attached to an aromatic ring is 5. The first-order valence-corrected chi connectivity index (χ1v) is 51.0. The Morgan fingerprint density at radius 3 is 0.892 bits per heavy atom. The van der Waals surface area contributed by atoms with Crippen molar-refractivity contribution in [2.45, 2.75) is 172 Å². The van der Waals surface area contributed by atoms with Gasteiger partial charge in [0.2, 0.25) is 29.7 Å². The average molecular weight is 2070 g/mol. The first-order chi connectivity index (χ1) is 70.4. The molecule has 10 saturated heterocycles. The predicted octanol–water partition coefficient (Wildman–Crippen LogP) is 8.96. The molecule has 1 saturated carbocycles. The number of ether oxygens (including phenoxy) is 7.